The predicted molar refractivity (Wildman–Crippen MR) is 73.2 cm³/mol. The van der Waals surface area contributed by atoms with Crippen molar-refractivity contribution in [2.24, 2.45) is 0 Å². The molecule has 1 aliphatic rings. The highest BCUT2D eigenvalue weighted by molar-refractivity contribution is 6.02. The molecule has 0 unspecified atom stereocenters. The van der Waals surface area contributed by atoms with Crippen molar-refractivity contribution in [1.82, 2.24) is 0 Å². The van der Waals surface area contributed by atoms with Crippen LogP contribution in [0.15, 0.2) is 42.5 Å². The number of carbonyl (C=O) groups is 2. The number of fused-ring (bicyclic) bond motifs is 1. The van der Waals surface area contributed by atoms with Crippen LogP contribution in [0.5, 0.6) is 0 Å². The Morgan fingerprint density at radius 1 is 1.20 bits per heavy atom. The van der Waals surface area contributed by atoms with E-state index < -0.39 is 0 Å². The van der Waals surface area contributed by atoms with E-state index in [1.165, 1.54) is 12.1 Å². The Morgan fingerprint density at radius 2 is 2.05 bits per heavy atom. The lowest BCUT2D eigenvalue weighted by molar-refractivity contribution is -0.115. The first-order chi connectivity index (χ1) is 9.61. The number of hydrogen-bond donors (Lipinski definition) is 1. The maximum Gasteiger partial charge on any atom is 0.228 e. The standard InChI is InChI=1S/C16H12FNO2/c17-13-3-1-2-10(6-13)7-15(19)11-4-5-14-12(8-11)9-16(20)18-14/h1-6,8H,7,9H2,(H,18,20). The Balaban J connectivity index is 1.81. The molecule has 0 aromatic heterocycles. The van der Waals surface area contributed by atoms with Crippen LogP contribution < -0.4 is 5.32 Å². The number of amides is 1. The lowest BCUT2D eigenvalue weighted by Crippen LogP contribution is -2.04. The van der Waals surface area contributed by atoms with Gasteiger partial charge in [0.1, 0.15) is 5.82 Å². The smallest absolute Gasteiger partial charge is 0.228 e. The molecule has 3 rings (SSSR count). The number of ketones is 1. The third kappa shape index (κ3) is 2.45. The number of anilines is 1. The Hall–Kier alpha value is -2.49. The first kappa shape index (κ1) is 12.5. The van der Waals surface area contributed by atoms with Crippen molar-refractivity contribution in [3.8, 4) is 0 Å². The van der Waals surface area contributed by atoms with Crippen LogP contribution in [0.4, 0.5) is 10.1 Å². The Labute approximate surface area is 115 Å². The fourth-order valence-electron chi connectivity index (χ4n) is 2.34. The van der Waals surface area contributed by atoms with Crippen molar-refractivity contribution in [2.45, 2.75) is 12.8 Å². The molecule has 0 spiro atoms. The van der Waals surface area contributed by atoms with Crippen molar-refractivity contribution in [3.63, 3.8) is 0 Å². The van der Waals surface area contributed by atoms with Gasteiger partial charge >= 0.3 is 0 Å². The molecule has 1 amide bonds. The summed E-state index contributed by atoms with van der Waals surface area (Å²) in [7, 11) is 0. The number of rotatable bonds is 3. The normalized spacial score (nSPS) is 12.9. The van der Waals surface area contributed by atoms with Gasteiger partial charge in [0, 0.05) is 17.7 Å². The van der Waals surface area contributed by atoms with Crippen molar-refractivity contribution < 1.29 is 14.0 Å². The molecule has 1 aliphatic heterocycles. The van der Waals surface area contributed by atoms with Gasteiger partial charge in [-0.1, -0.05) is 12.1 Å². The average molecular weight is 269 g/mol. The summed E-state index contributed by atoms with van der Waals surface area (Å²) in [6.45, 7) is 0. The van der Waals surface area contributed by atoms with Gasteiger partial charge in [0.15, 0.2) is 5.78 Å². The first-order valence-corrected chi connectivity index (χ1v) is 6.32. The summed E-state index contributed by atoms with van der Waals surface area (Å²) in [4.78, 5) is 23.5. The molecule has 0 bridgehead atoms. The molecule has 4 heteroatoms. The molecule has 0 atom stereocenters. The highest BCUT2D eigenvalue weighted by atomic mass is 19.1. The predicted octanol–water partition coefficient (Wildman–Crippen LogP) is 2.75. The first-order valence-electron chi connectivity index (χ1n) is 6.32. The summed E-state index contributed by atoms with van der Waals surface area (Å²) in [5, 5.41) is 2.72. The molecule has 100 valence electrons. The van der Waals surface area contributed by atoms with Gasteiger partial charge in [-0.15, -0.1) is 0 Å². The summed E-state index contributed by atoms with van der Waals surface area (Å²) < 4.78 is 13.1. The second kappa shape index (κ2) is 4.89. The maximum atomic E-state index is 13.1. The lowest BCUT2D eigenvalue weighted by Gasteiger charge is -2.04. The molecule has 3 nitrogen and oxygen atoms in total. The van der Waals surface area contributed by atoms with Gasteiger partial charge in [0.25, 0.3) is 0 Å². The average Bonchev–Trinajstić information content (AvgIpc) is 2.77. The topological polar surface area (TPSA) is 46.2 Å². The zero-order valence-electron chi connectivity index (χ0n) is 10.7. The zero-order valence-corrected chi connectivity index (χ0v) is 10.7. The van der Waals surface area contributed by atoms with E-state index in [-0.39, 0.29) is 23.9 Å². The largest absolute Gasteiger partial charge is 0.326 e. The lowest BCUT2D eigenvalue weighted by atomic mass is 10.0. The van der Waals surface area contributed by atoms with Gasteiger partial charge in [-0.25, -0.2) is 4.39 Å². The fraction of sp³-hybridized carbons (Fsp3) is 0.125. The quantitative estimate of drug-likeness (QED) is 0.871. The SMILES string of the molecule is O=C1Cc2cc(C(=O)Cc3cccc(F)c3)ccc2N1. The third-order valence-corrected chi connectivity index (χ3v) is 3.31. The van der Waals surface area contributed by atoms with E-state index >= 15 is 0 Å². The van der Waals surface area contributed by atoms with Crippen LogP contribution in [0.1, 0.15) is 21.5 Å². The number of hydrogen-bond acceptors (Lipinski definition) is 2. The molecule has 20 heavy (non-hydrogen) atoms. The van der Waals surface area contributed by atoms with Gasteiger partial charge in [0.2, 0.25) is 5.91 Å². The Kier molecular flexibility index (Phi) is 3.06. The minimum absolute atomic E-state index is 0.0604. The van der Waals surface area contributed by atoms with Crippen LogP contribution in [-0.4, -0.2) is 11.7 Å². The van der Waals surface area contributed by atoms with Crippen molar-refractivity contribution in [1.29, 1.82) is 0 Å². The van der Waals surface area contributed by atoms with Gasteiger partial charge < -0.3 is 5.32 Å². The molecular formula is C16H12FNO2. The number of benzene rings is 2. The summed E-state index contributed by atoms with van der Waals surface area (Å²) in [6, 6.07) is 11.2. The fourth-order valence-corrected chi connectivity index (χ4v) is 2.34. The zero-order chi connectivity index (χ0) is 14.1. The van der Waals surface area contributed by atoms with Gasteiger partial charge in [0.05, 0.1) is 6.42 Å². The van der Waals surface area contributed by atoms with Crippen LogP contribution in [0.3, 0.4) is 0 Å². The van der Waals surface area contributed by atoms with E-state index in [0.29, 0.717) is 17.5 Å². The number of nitrogens with one attached hydrogen (secondary N) is 1. The molecule has 2 aromatic carbocycles. The van der Waals surface area contributed by atoms with Crippen LogP contribution in [0.2, 0.25) is 0 Å². The van der Waals surface area contributed by atoms with Gasteiger partial charge in [-0.3, -0.25) is 9.59 Å². The Morgan fingerprint density at radius 3 is 2.85 bits per heavy atom. The molecule has 0 aliphatic carbocycles. The van der Waals surface area contributed by atoms with E-state index in [4.69, 9.17) is 0 Å². The molecule has 1 N–H and O–H groups in total. The van der Waals surface area contributed by atoms with E-state index in [2.05, 4.69) is 5.32 Å². The highest BCUT2D eigenvalue weighted by Gasteiger charge is 2.19. The highest BCUT2D eigenvalue weighted by Crippen LogP contribution is 2.24. The van der Waals surface area contributed by atoms with Crippen molar-refractivity contribution in [2.75, 3.05) is 5.32 Å². The van der Waals surface area contributed by atoms with Gasteiger partial charge in [-0.05, 0) is 41.5 Å². The molecular weight excluding hydrogens is 257 g/mol. The third-order valence-electron chi connectivity index (χ3n) is 3.31. The summed E-state index contributed by atoms with van der Waals surface area (Å²) in [5.74, 6) is -0.494. The van der Waals surface area contributed by atoms with E-state index in [0.717, 1.165) is 11.3 Å². The second-order valence-electron chi connectivity index (χ2n) is 4.83. The van der Waals surface area contributed by atoms with Crippen LogP contribution in [0.25, 0.3) is 0 Å². The number of Topliss-reactive ketones (excluding diaryl/α,β-unsaturated/α-hetero) is 1. The van der Waals surface area contributed by atoms with Crippen LogP contribution >= 0.6 is 0 Å². The minimum atomic E-state index is -0.348. The second-order valence-corrected chi connectivity index (χ2v) is 4.83. The van der Waals surface area contributed by atoms with E-state index in [1.54, 1.807) is 30.3 Å². The molecule has 0 saturated carbocycles. The molecule has 2 aromatic rings. The number of halogens is 1. The van der Waals surface area contributed by atoms with E-state index in [9.17, 15) is 14.0 Å². The monoisotopic (exact) mass is 269 g/mol. The molecule has 0 saturated heterocycles. The van der Waals surface area contributed by atoms with Crippen molar-refractivity contribution in [3.05, 3.63) is 65.0 Å². The van der Waals surface area contributed by atoms with Gasteiger partial charge in [-0.2, -0.15) is 0 Å². The van der Waals surface area contributed by atoms with Crippen LogP contribution in [0, 0.1) is 5.82 Å². The summed E-state index contributed by atoms with van der Waals surface area (Å²) in [6.07, 6.45) is 0.453. The summed E-state index contributed by atoms with van der Waals surface area (Å²) >= 11 is 0. The molecule has 0 radical (unpaired) electrons. The van der Waals surface area contributed by atoms with E-state index in [1.807, 2.05) is 0 Å². The minimum Gasteiger partial charge on any atom is -0.326 e. The molecule has 1 heterocycles. The number of carbonyl (C=O) groups excluding carboxylic acids is 2. The maximum absolute atomic E-state index is 13.1. The Bertz CT molecular complexity index is 709. The van der Waals surface area contributed by atoms with Crippen molar-refractivity contribution >= 4 is 17.4 Å². The van der Waals surface area contributed by atoms with Crippen LogP contribution in [-0.2, 0) is 17.6 Å². The summed E-state index contributed by atoms with van der Waals surface area (Å²) in [5.41, 5.74) is 2.78. The molecule has 0 fully saturated rings.